The minimum absolute atomic E-state index is 0.789. The maximum atomic E-state index is 3.78. The predicted molar refractivity (Wildman–Crippen MR) is 55.8 cm³/mol. The Hall–Kier alpha value is -0.0800. The molecule has 2 rings (SSSR count). The lowest BCUT2D eigenvalue weighted by molar-refractivity contribution is 0.394. The van der Waals surface area contributed by atoms with Gasteiger partial charge in [-0.3, -0.25) is 0 Å². The highest BCUT2D eigenvalue weighted by atomic mass is 15.2. The molecule has 13 heavy (non-hydrogen) atoms. The van der Waals surface area contributed by atoms with Crippen molar-refractivity contribution in [3.63, 3.8) is 0 Å². The first-order valence-corrected chi connectivity index (χ1v) is 5.74. The minimum atomic E-state index is 0.789. The molecule has 1 aliphatic heterocycles. The first-order valence-electron chi connectivity index (χ1n) is 5.74. The lowest BCUT2D eigenvalue weighted by atomic mass is 10.2. The van der Waals surface area contributed by atoms with Gasteiger partial charge in [0.05, 0.1) is 0 Å². The molecule has 0 aromatic carbocycles. The van der Waals surface area contributed by atoms with Gasteiger partial charge in [0.1, 0.15) is 0 Å². The molecular formula is C11H22N2. The quantitative estimate of drug-likeness (QED) is 0.708. The van der Waals surface area contributed by atoms with Crippen LogP contribution in [-0.2, 0) is 0 Å². The van der Waals surface area contributed by atoms with Crippen LogP contribution in [0.15, 0.2) is 0 Å². The second-order valence-corrected chi connectivity index (χ2v) is 4.81. The Kier molecular flexibility index (Phi) is 2.89. The Bertz CT molecular complexity index is 169. The molecule has 2 aliphatic rings. The number of likely N-dealkylation sites (tertiary alicyclic amines) is 1. The maximum Gasteiger partial charge on any atom is 0.0209 e. The van der Waals surface area contributed by atoms with Gasteiger partial charge in [-0.1, -0.05) is 13.3 Å². The zero-order chi connectivity index (χ0) is 9.26. The van der Waals surface area contributed by atoms with Gasteiger partial charge in [0.2, 0.25) is 0 Å². The first kappa shape index (κ1) is 9.47. The fourth-order valence-electron chi connectivity index (χ4n) is 2.52. The Morgan fingerprint density at radius 1 is 1.46 bits per heavy atom. The van der Waals surface area contributed by atoms with E-state index < -0.39 is 0 Å². The highest BCUT2D eigenvalue weighted by molar-refractivity contribution is 4.96. The zero-order valence-corrected chi connectivity index (χ0v) is 8.92. The van der Waals surface area contributed by atoms with Gasteiger partial charge in [0.25, 0.3) is 0 Å². The van der Waals surface area contributed by atoms with Crippen LogP contribution < -0.4 is 5.32 Å². The molecular weight excluding hydrogens is 160 g/mol. The molecule has 2 heteroatoms. The fourth-order valence-corrected chi connectivity index (χ4v) is 2.52. The molecule has 1 saturated heterocycles. The average Bonchev–Trinajstić information content (AvgIpc) is 2.66. The van der Waals surface area contributed by atoms with Gasteiger partial charge in [-0.05, 0) is 38.8 Å². The summed E-state index contributed by atoms with van der Waals surface area (Å²) in [5.41, 5.74) is 0. The number of nitrogens with zero attached hydrogens (tertiary/aromatic N) is 1. The summed E-state index contributed by atoms with van der Waals surface area (Å²) in [5.74, 6) is 1.01. The van der Waals surface area contributed by atoms with Gasteiger partial charge < -0.3 is 10.2 Å². The third-order valence-electron chi connectivity index (χ3n) is 3.42. The van der Waals surface area contributed by atoms with Crippen LogP contribution in [0.4, 0.5) is 0 Å². The Morgan fingerprint density at radius 2 is 2.31 bits per heavy atom. The molecule has 0 bridgehead atoms. The lowest BCUT2D eigenvalue weighted by Gasteiger charge is -2.12. The minimum Gasteiger partial charge on any atom is -0.310 e. The van der Waals surface area contributed by atoms with E-state index in [4.69, 9.17) is 0 Å². The fraction of sp³-hybridized carbons (Fsp3) is 1.00. The molecule has 3 unspecified atom stereocenters. The third-order valence-corrected chi connectivity index (χ3v) is 3.42. The highest BCUT2D eigenvalue weighted by Gasteiger charge is 2.37. The maximum absolute atomic E-state index is 3.78. The van der Waals surface area contributed by atoms with Gasteiger partial charge in [-0.2, -0.15) is 0 Å². The summed E-state index contributed by atoms with van der Waals surface area (Å²) in [4.78, 5) is 2.43. The predicted octanol–water partition coefficient (Wildman–Crippen LogP) is 1.47. The van der Waals surface area contributed by atoms with E-state index in [1.165, 1.54) is 38.8 Å². The van der Waals surface area contributed by atoms with Crippen molar-refractivity contribution >= 4 is 0 Å². The van der Waals surface area contributed by atoms with Crippen LogP contribution in [0.1, 0.15) is 32.6 Å². The molecule has 1 heterocycles. The van der Waals surface area contributed by atoms with E-state index in [0.717, 1.165) is 18.0 Å². The van der Waals surface area contributed by atoms with Crippen molar-refractivity contribution in [3.8, 4) is 0 Å². The SMILES string of the molecule is CCCC1CC1NC1CCN(C)C1. The average molecular weight is 182 g/mol. The van der Waals surface area contributed by atoms with E-state index in [1.54, 1.807) is 0 Å². The summed E-state index contributed by atoms with van der Waals surface area (Å²) in [6.07, 6.45) is 5.58. The summed E-state index contributed by atoms with van der Waals surface area (Å²) in [6, 6.07) is 1.66. The molecule has 0 spiro atoms. The lowest BCUT2D eigenvalue weighted by Crippen LogP contribution is -2.33. The van der Waals surface area contributed by atoms with Gasteiger partial charge in [-0.25, -0.2) is 0 Å². The van der Waals surface area contributed by atoms with Crippen LogP contribution in [-0.4, -0.2) is 37.1 Å². The van der Waals surface area contributed by atoms with E-state index in [-0.39, 0.29) is 0 Å². The second-order valence-electron chi connectivity index (χ2n) is 4.81. The molecule has 3 atom stereocenters. The Balaban J connectivity index is 1.64. The summed E-state index contributed by atoms with van der Waals surface area (Å²) in [7, 11) is 2.22. The van der Waals surface area contributed by atoms with Crippen LogP contribution in [0.5, 0.6) is 0 Å². The normalized spacial score (nSPS) is 39.7. The molecule has 0 aromatic heterocycles. The molecule has 2 nitrogen and oxygen atoms in total. The molecule has 2 fully saturated rings. The van der Waals surface area contributed by atoms with Crippen molar-refractivity contribution < 1.29 is 0 Å². The molecule has 76 valence electrons. The number of hydrogen-bond donors (Lipinski definition) is 1. The van der Waals surface area contributed by atoms with E-state index in [1.807, 2.05) is 0 Å². The van der Waals surface area contributed by atoms with Crippen molar-refractivity contribution in [2.45, 2.75) is 44.7 Å². The van der Waals surface area contributed by atoms with Crippen LogP contribution >= 0.6 is 0 Å². The van der Waals surface area contributed by atoms with Crippen LogP contribution in [0.25, 0.3) is 0 Å². The van der Waals surface area contributed by atoms with Crippen molar-refractivity contribution in [3.05, 3.63) is 0 Å². The highest BCUT2D eigenvalue weighted by Crippen LogP contribution is 2.35. The summed E-state index contributed by atoms with van der Waals surface area (Å²) >= 11 is 0. The van der Waals surface area contributed by atoms with Gasteiger partial charge >= 0.3 is 0 Å². The monoisotopic (exact) mass is 182 g/mol. The summed E-state index contributed by atoms with van der Waals surface area (Å²) in [6.45, 7) is 4.83. The van der Waals surface area contributed by atoms with E-state index in [2.05, 4.69) is 24.2 Å². The van der Waals surface area contributed by atoms with E-state index in [0.29, 0.717) is 0 Å². The number of rotatable bonds is 4. The molecule has 1 aliphatic carbocycles. The standard InChI is InChI=1S/C11H22N2/c1-3-4-9-7-11(9)12-10-5-6-13(2)8-10/h9-12H,3-8H2,1-2H3. The zero-order valence-electron chi connectivity index (χ0n) is 8.92. The molecule has 1 N–H and O–H groups in total. The van der Waals surface area contributed by atoms with Crippen LogP contribution in [0.3, 0.4) is 0 Å². The number of likely N-dealkylation sites (N-methyl/N-ethyl adjacent to an activating group) is 1. The number of nitrogens with one attached hydrogen (secondary N) is 1. The Labute approximate surface area is 81.7 Å². The summed E-state index contributed by atoms with van der Waals surface area (Å²) in [5, 5.41) is 3.78. The van der Waals surface area contributed by atoms with Crippen molar-refractivity contribution in [1.82, 2.24) is 10.2 Å². The number of hydrogen-bond acceptors (Lipinski definition) is 2. The van der Waals surface area contributed by atoms with Crippen LogP contribution in [0, 0.1) is 5.92 Å². The van der Waals surface area contributed by atoms with Crippen molar-refractivity contribution in [1.29, 1.82) is 0 Å². The topological polar surface area (TPSA) is 15.3 Å². The van der Waals surface area contributed by atoms with E-state index >= 15 is 0 Å². The smallest absolute Gasteiger partial charge is 0.0209 e. The van der Waals surface area contributed by atoms with Crippen LogP contribution in [0.2, 0.25) is 0 Å². The van der Waals surface area contributed by atoms with E-state index in [9.17, 15) is 0 Å². The van der Waals surface area contributed by atoms with Crippen molar-refractivity contribution in [2.24, 2.45) is 5.92 Å². The van der Waals surface area contributed by atoms with Gasteiger partial charge in [-0.15, -0.1) is 0 Å². The van der Waals surface area contributed by atoms with Crippen molar-refractivity contribution in [2.75, 3.05) is 20.1 Å². The largest absolute Gasteiger partial charge is 0.310 e. The Morgan fingerprint density at radius 3 is 2.92 bits per heavy atom. The van der Waals surface area contributed by atoms with Gasteiger partial charge in [0, 0.05) is 18.6 Å². The van der Waals surface area contributed by atoms with Gasteiger partial charge in [0.15, 0.2) is 0 Å². The molecule has 1 saturated carbocycles. The summed E-state index contributed by atoms with van der Waals surface area (Å²) < 4.78 is 0. The molecule has 0 radical (unpaired) electrons. The molecule has 0 amide bonds. The second kappa shape index (κ2) is 3.97. The molecule has 0 aromatic rings. The third kappa shape index (κ3) is 2.44. The first-order chi connectivity index (χ1) is 6.29.